The summed E-state index contributed by atoms with van der Waals surface area (Å²) in [5.41, 5.74) is 0.351. The largest absolute Gasteiger partial charge is 0.493 e. The molecule has 2 heterocycles. The molecule has 7 nitrogen and oxygen atoms in total. The Kier molecular flexibility index (Phi) is 4.66. The quantitative estimate of drug-likeness (QED) is 0.829. The lowest BCUT2D eigenvalue weighted by Crippen LogP contribution is -2.21. The van der Waals surface area contributed by atoms with Crippen molar-refractivity contribution < 1.29 is 19.4 Å². The first-order valence-electron chi connectivity index (χ1n) is 8.12. The third-order valence-corrected chi connectivity index (χ3v) is 5.52. The Morgan fingerprint density at radius 2 is 2.15 bits per heavy atom. The second kappa shape index (κ2) is 6.77. The van der Waals surface area contributed by atoms with E-state index in [4.69, 9.17) is 4.74 Å². The Morgan fingerprint density at radius 3 is 2.81 bits per heavy atom. The van der Waals surface area contributed by atoms with Gasteiger partial charge in [-0.1, -0.05) is 0 Å². The molecule has 1 aliphatic carbocycles. The number of nitrogens with zero attached hydrogens (tertiary/aromatic N) is 2. The number of aromatic nitrogens is 1. The van der Waals surface area contributed by atoms with Crippen LogP contribution in [-0.2, 0) is 11.2 Å². The van der Waals surface area contributed by atoms with Crippen molar-refractivity contribution in [2.45, 2.75) is 33.1 Å². The lowest BCUT2D eigenvalue weighted by molar-refractivity contribution is 0.0525. The zero-order valence-electron chi connectivity index (χ0n) is 14.3. The summed E-state index contributed by atoms with van der Waals surface area (Å²) in [4.78, 5) is 37.7. The van der Waals surface area contributed by atoms with E-state index in [0.29, 0.717) is 35.3 Å². The average Bonchev–Trinajstić information content (AvgIpc) is 2.95. The van der Waals surface area contributed by atoms with E-state index in [0.717, 1.165) is 15.9 Å². The van der Waals surface area contributed by atoms with Gasteiger partial charge in [0, 0.05) is 12.5 Å². The van der Waals surface area contributed by atoms with Crippen LogP contribution in [0.3, 0.4) is 0 Å². The SMILES string of the molecule is CCOC(=O)c1c(-n2c(O)c(C#N)c(C)cc2=O)sc2c1CCCC2=O. The number of carbonyl (C=O) groups excluding carboxylic acids is 2. The molecular formula is C18H16N2O5S. The highest BCUT2D eigenvalue weighted by molar-refractivity contribution is 7.17. The zero-order valence-corrected chi connectivity index (χ0v) is 15.1. The molecule has 0 fully saturated rings. The van der Waals surface area contributed by atoms with Crippen molar-refractivity contribution in [3.8, 4) is 17.0 Å². The summed E-state index contributed by atoms with van der Waals surface area (Å²) in [5, 5.41) is 19.9. The predicted octanol–water partition coefficient (Wildman–Crippen LogP) is 2.48. The molecule has 0 saturated heterocycles. The van der Waals surface area contributed by atoms with Gasteiger partial charge in [0.15, 0.2) is 5.78 Å². The molecule has 1 N–H and O–H groups in total. The fraction of sp³-hybridized carbons (Fsp3) is 0.333. The third-order valence-electron chi connectivity index (χ3n) is 4.26. The number of hydrogen-bond acceptors (Lipinski definition) is 7. The molecule has 1 aliphatic rings. The van der Waals surface area contributed by atoms with E-state index in [1.54, 1.807) is 13.8 Å². The summed E-state index contributed by atoms with van der Waals surface area (Å²) in [7, 11) is 0. The molecule has 0 aliphatic heterocycles. The number of ketones is 1. The molecule has 134 valence electrons. The van der Waals surface area contributed by atoms with Gasteiger partial charge in [-0.25, -0.2) is 9.36 Å². The van der Waals surface area contributed by atoms with Gasteiger partial charge in [-0.05, 0) is 37.8 Å². The number of aryl methyl sites for hydroxylation is 1. The van der Waals surface area contributed by atoms with Gasteiger partial charge in [-0.3, -0.25) is 9.59 Å². The van der Waals surface area contributed by atoms with Gasteiger partial charge in [0.05, 0.1) is 17.0 Å². The Hall–Kier alpha value is -2.92. The average molecular weight is 372 g/mol. The number of fused-ring (bicyclic) bond motifs is 1. The second-order valence-electron chi connectivity index (χ2n) is 5.90. The third kappa shape index (κ3) is 2.70. The lowest BCUT2D eigenvalue weighted by Gasteiger charge is -2.13. The van der Waals surface area contributed by atoms with Crippen LogP contribution in [0, 0.1) is 18.3 Å². The van der Waals surface area contributed by atoms with Gasteiger partial charge in [0.25, 0.3) is 5.56 Å². The topological polar surface area (TPSA) is 109 Å². The molecule has 26 heavy (non-hydrogen) atoms. The number of carbonyl (C=O) groups is 2. The standard InChI is InChI=1S/C18H16N2O5S/c1-3-25-18(24)14-10-5-4-6-12(21)15(10)26-17(14)20-13(22)7-9(2)11(8-19)16(20)23/h7,23H,3-6H2,1-2H3. The van der Waals surface area contributed by atoms with Crippen LogP contribution in [0.15, 0.2) is 10.9 Å². The smallest absolute Gasteiger partial charge is 0.341 e. The summed E-state index contributed by atoms with van der Waals surface area (Å²) in [6.07, 6.45) is 1.48. The molecule has 0 radical (unpaired) electrons. The van der Waals surface area contributed by atoms with Crippen molar-refractivity contribution in [2.75, 3.05) is 6.61 Å². The molecule has 2 aromatic rings. The zero-order chi connectivity index (χ0) is 19.0. The maximum atomic E-state index is 12.5. The molecule has 0 spiro atoms. The fourth-order valence-corrected chi connectivity index (χ4v) is 4.39. The summed E-state index contributed by atoms with van der Waals surface area (Å²) in [5.74, 6) is -1.30. The van der Waals surface area contributed by atoms with Crippen LogP contribution in [0.2, 0.25) is 0 Å². The van der Waals surface area contributed by atoms with Gasteiger partial charge in [0.2, 0.25) is 5.88 Å². The monoisotopic (exact) mass is 372 g/mol. The van der Waals surface area contributed by atoms with E-state index in [1.807, 2.05) is 6.07 Å². The summed E-state index contributed by atoms with van der Waals surface area (Å²) in [6, 6.07) is 3.07. The summed E-state index contributed by atoms with van der Waals surface area (Å²) >= 11 is 0.974. The lowest BCUT2D eigenvalue weighted by atomic mass is 9.94. The Labute approximate surface area is 153 Å². The maximum absolute atomic E-state index is 12.5. The Morgan fingerprint density at radius 1 is 1.42 bits per heavy atom. The van der Waals surface area contributed by atoms with Crippen molar-refractivity contribution in [3.05, 3.63) is 43.6 Å². The first kappa shape index (κ1) is 17.9. The van der Waals surface area contributed by atoms with Crippen LogP contribution in [0.25, 0.3) is 5.00 Å². The van der Waals surface area contributed by atoms with Crippen molar-refractivity contribution in [1.82, 2.24) is 4.57 Å². The van der Waals surface area contributed by atoms with Crippen LogP contribution in [0.1, 0.15) is 56.5 Å². The number of rotatable bonds is 3. The van der Waals surface area contributed by atoms with E-state index in [1.165, 1.54) is 6.07 Å². The first-order valence-corrected chi connectivity index (χ1v) is 8.94. The number of ether oxygens (including phenoxy) is 1. The highest BCUT2D eigenvalue weighted by Crippen LogP contribution is 2.38. The summed E-state index contributed by atoms with van der Waals surface area (Å²) in [6.45, 7) is 3.33. The molecule has 0 amide bonds. The van der Waals surface area contributed by atoms with Crippen molar-refractivity contribution in [3.63, 3.8) is 0 Å². The van der Waals surface area contributed by atoms with Crippen LogP contribution in [0.4, 0.5) is 0 Å². The number of Topliss-reactive ketones (excluding diaryl/α,β-unsaturated/α-hetero) is 1. The van der Waals surface area contributed by atoms with E-state index in [9.17, 15) is 24.8 Å². The Balaban J connectivity index is 2.37. The van der Waals surface area contributed by atoms with Crippen LogP contribution in [-0.4, -0.2) is 28.0 Å². The molecule has 0 saturated carbocycles. The highest BCUT2D eigenvalue weighted by atomic mass is 32.1. The highest BCUT2D eigenvalue weighted by Gasteiger charge is 2.32. The molecule has 0 aromatic carbocycles. The number of esters is 1. The Bertz CT molecular complexity index is 1030. The van der Waals surface area contributed by atoms with Crippen LogP contribution < -0.4 is 5.56 Å². The number of aromatic hydroxyl groups is 1. The van der Waals surface area contributed by atoms with Gasteiger partial charge in [0.1, 0.15) is 16.6 Å². The van der Waals surface area contributed by atoms with Crippen molar-refractivity contribution in [2.24, 2.45) is 0 Å². The molecule has 8 heteroatoms. The van der Waals surface area contributed by atoms with Crippen molar-refractivity contribution >= 4 is 23.1 Å². The van der Waals surface area contributed by atoms with E-state index < -0.39 is 17.4 Å². The molecule has 3 rings (SSSR count). The second-order valence-corrected chi connectivity index (χ2v) is 6.90. The van der Waals surface area contributed by atoms with Gasteiger partial charge < -0.3 is 9.84 Å². The van der Waals surface area contributed by atoms with Crippen LogP contribution >= 0.6 is 11.3 Å². The number of thiophene rings is 1. The fourth-order valence-electron chi connectivity index (χ4n) is 3.08. The number of pyridine rings is 1. The van der Waals surface area contributed by atoms with E-state index in [2.05, 4.69) is 0 Å². The first-order chi connectivity index (χ1) is 12.4. The van der Waals surface area contributed by atoms with E-state index in [-0.39, 0.29) is 28.5 Å². The maximum Gasteiger partial charge on any atom is 0.341 e. The van der Waals surface area contributed by atoms with Crippen LogP contribution in [0.5, 0.6) is 5.88 Å². The molecule has 0 bridgehead atoms. The van der Waals surface area contributed by atoms with Crippen molar-refractivity contribution in [1.29, 1.82) is 5.26 Å². The normalized spacial score (nSPS) is 13.2. The molecule has 0 atom stereocenters. The van der Waals surface area contributed by atoms with Gasteiger partial charge in [-0.15, -0.1) is 11.3 Å². The minimum Gasteiger partial charge on any atom is -0.493 e. The predicted molar refractivity (Wildman–Crippen MR) is 94.3 cm³/mol. The minimum absolute atomic E-state index is 0.0582. The minimum atomic E-state index is -0.653. The van der Waals surface area contributed by atoms with E-state index >= 15 is 0 Å². The molecule has 0 unspecified atom stereocenters. The summed E-state index contributed by atoms with van der Waals surface area (Å²) < 4.78 is 6.01. The molecular weight excluding hydrogens is 356 g/mol. The number of hydrogen-bond donors (Lipinski definition) is 1. The van der Waals surface area contributed by atoms with Gasteiger partial charge >= 0.3 is 5.97 Å². The number of nitriles is 1. The molecule has 2 aromatic heterocycles. The van der Waals surface area contributed by atoms with Gasteiger partial charge in [-0.2, -0.15) is 5.26 Å².